The Balaban J connectivity index is 2.19. The molecule has 124 valence electrons. The van der Waals surface area contributed by atoms with Crippen molar-refractivity contribution in [1.29, 1.82) is 0 Å². The Kier molecular flexibility index (Phi) is 4.95. The van der Waals surface area contributed by atoms with Crippen LogP contribution in [0.5, 0.6) is 0 Å². The second-order valence-electron chi connectivity index (χ2n) is 4.76. The monoisotopic (exact) mass is 346 g/mol. The Hall–Kier alpha value is -3.20. The standard InChI is InChI=1S/C15H14N4O4S/c16-13-5-3-12(4-6-13)15(17)18-24(22,23)10-9-11-1-7-14(8-2-11)19(20)21/h1-10H,16H2,(H2,17,18)/b10-9+. The molecule has 0 aromatic heterocycles. The van der Waals surface area contributed by atoms with Crippen LogP contribution in [0.25, 0.3) is 6.08 Å². The normalized spacial score (nSPS) is 12.4. The number of nitro groups is 1. The lowest BCUT2D eigenvalue weighted by molar-refractivity contribution is -0.384. The highest BCUT2D eigenvalue weighted by atomic mass is 32.2. The highest BCUT2D eigenvalue weighted by Gasteiger charge is 2.07. The number of hydrogen-bond donors (Lipinski definition) is 2. The average Bonchev–Trinajstić information content (AvgIpc) is 2.53. The zero-order chi connectivity index (χ0) is 17.7. The van der Waals surface area contributed by atoms with Crippen LogP contribution in [0.1, 0.15) is 11.1 Å². The maximum atomic E-state index is 11.9. The minimum Gasteiger partial charge on any atom is -0.399 e. The molecule has 0 amide bonds. The van der Waals surface area contributed by atoms with Crippen molar-refractivity contribution in [2.45, 2.75) is 0 Å². The molecule has 8 nitrogen and oxygen atoms in total. The molecule has 0 aliphatic carbocycles. The van der Waals surface area contributed by atoms with Gasteiger partial charge >= 0.3 is 0 Å². The highest BCUT2D eigenvalue weighted by molar-refractivity contribution is 7.93. The summed E-state index contributed by atoms with van der Waals surface area (Å²) in [6.07, 6.45) is 1.28. The second kappa shape index (κ2) is 6.92. The van der Waals surface area contributed by atoms with Crippen LogP contribution in [0.2, 0.25) is 0 Å². The summed E-state index contributed by atoms with van der Waals surface area (Å²) < 4.78 is 27.4. The van der Waals surface area contributed by atoms with E-state index in [-0.39, 0.29) is 11.5 Å². The Morgan fingerprint density at radius 3 is 2.21 bits per heavy atom. The maximum absolute atomic E-state index is 11.9. The molecule has 24 heavy (non-hydrogen) atoms. The number of hydrogen-bond acceptors (Lipinski definition) is 5. The largest absolute Gasteiger partial charge is 0.399 e. The summed E-state index contributed by atoms with van der Waals surface area (Å²) in [6, 6.07) is 11.7. The minimum absolute atomic E-state index is 0.0828. The van der Waals surface area contributed by atoms with Crippen molar-refractivity contribution in [2.75, 3.05) is 5.73 Å². The molecule has 0 spiro atoms. The Morgan fingerprint density at radius 1 is 1.08 bits per heavy atom. The van der Waals surface area contributed by atoms with Crippen molar-refractivity contribution in [3.05, 3.63) is 75.2 Å². The molecule has 2 aromatic carbocycles. The fourth-order valence-electron chi connectivity index (χ4n) is 1.75. The number of anilines is 1. The molecule has 0 fully saturated rings. The van der Waals surface area contributed by atoms with Gasteiger partial charge in [0, 0.05) is 23.4 Å². The SMILES string of the molecule is NC(=NS(=O)(=O)/C=C/c1ccc([N+](=O)[O-])cc1)c1ccc(N)cc1. The van der Waals surface area contributed by atoms with Crippen LogP contribution in [0.3, 0.4) is 0 Å². The van der Waals surface area contributed by atoms with Gasteiger partial charge in [0.1, 0.15) is 5.84 Å². The molecular formula is C15H14N4O4S. The van der Waals surface area contributed by atoms with Gasteiger partial charge in [-0.3, -0.25) is 10.1 Å². The Bertz CT molecular complexity index is 901. The van der Waals surface area contributed by atoms with E-state index in [4.69, 9.17) is 11.5 Å². The number of sulfonamides is 1. The molecule has 0 bridgehead atoms. The van der Waals surface area contributed by atoms with Gasteiger partial charge in [-0.25, -0.2) is 0 Å². The molecule has 0 heterocycles. The number of amidine groups is 1. The summed E-state index contributed by atoms with van der Waals surface area (Å²) in [5.74, 6) is -0.164. The van der Waals surface area contributed by atoms with Gasteiger partial charge in [0.05, 0.1) is 10.3 Å². The molecule has 0 atom stereocenters. The van der Waals surface area contributed by atoms with Crippen molar-refractivity contribution >= 4 is 33.3 Å². The van der Waals surface area contributed by atoms with E-state index in [1.807, 2.05) is 0 Å². The van der Waals surface area contributed by atoms with Crippen LogP contribution in [0, 0.1) is 10.1 Å². The van der Waals surface area contributed by atoms with E-state index in [1.54, 1.807) is 24.3 Å². The summed E-state index contributed by atoms with van der Waals surface area (Å²) >= 11 is 0. The predicted octanol–water partition coefficient (Wildman–Crippen LogP) is 1.88. The summed E-state index contributed by atoms with van der Waals surface area (Å²) in [5.41, 5.74) is 12.6. The third kappa shape index (κ3) is 4.65. The number of nitro benzene ring substituents is 1. The fourth-order valence-corrected chi connectivity index (χ4v) is 2.52. The molecule has 4 N–H and O–H groups in total. The van der Waals surface area contributed by atoms with Crippen molar-refractivity contribution in [1.82, 2.24) is 0 Å². The lowest BCUT2D eigenvalue weighted by Gasteiger charge is -2.00. The third-order valence-corrected chi connectivity index (χ3v) is 3.90. The number of nitrogens with zero attached hydrogens (tertiary/aromatic N) is 2. The lowest BCUT2D eigenvalue weighted by Crippen LogP contribution is -2.15. The molecule has 2 aromatic rings. The van der Waals surface area contributed by atoms with Crippen LogP contribution >= 0.6 is 0 Å². The zero-order valence-corrected chi connectivity index (χ0v) is 13.2. The van der Waals surface area contributed by atoms with Gasteiger partial charge in [0.2, 0.25) is 0 Å². The van der Waals surface area contributed by atoms with Crippen LogP contribution < -0.4 is 11.5 Å². The number of nitrogens with two attached hydrogens (primary N) is 2. The molecule has 9 heteroatoms. The van der Waals surface area contributed by atoms with Crippen molar-refractivity contribution < 1.29 is 13.3 Å². The quantitative estimate of drug-likeness (QED) is 0.278. The molecule has 0 saturated heterocycles. The molecular weight excluding hydrogens is 332 g/mol. The fraction of sp³-hybridized carbons (Fsp3) is 0. The molecule has 0 aliphatic heterocycles. The lowest BCUT2D eigenvalue weighted by atomic mass is 10.2. The molecule has 2 rings (SSSR count). The minimum atomic E-state index is -3.95. The predicted molar refractivity (Wildman–Crippen MR) is 92.6 cm³/mol. The van der Waals surface area contributed by atoms with Crippen molar-refractivity contribution in [3.63, 3.8) is 0 Å². The van der Waals surface area contributed by atoms with E-state index in [1.165, 1.54) is 30.3 Å². The first-order chi connectivity index (χ1) is 11.3. The van der Waals surface area contributed by atoms with Crippen molar-refractivity contribution in [2.24, 2.45) is 10.1 Å². The van der Waals surface area contributed by atoms with Gasteiger partial charge in [-0.1, -0.05) is 0 Å². The first-order valence-electron chi connectivity index (χ1n) is 6.66. The average molecular weight is 346 g/mol. The molecule has 0 radical (unpaired) electrons. The van der Waals surface area contributed by atoms with Gasteiger partial charge in [0.25, 0.3) is 15.7 Å². The van der Waals surface area contributed by atoms with Crippen molar-refractivity contribution in [3.8, 4) is 0 Å². The van der Waals surface area contributed by atoms with Gasteiger partial charge in [-0.2, -0.15) is 8.42 Å². The van der Waals surface area contributed by atoms with E-state index in [0.717, 1.165) is 5.41 Å². The van der Waals surface area contributed by atoms with E-state index in [0.29, 0.717) is 16.8 Å². The topological polar surface area (TPSA) is 142 Å². The Morgan fingerprint density at radius 2 is 1.67 bits per heavy atom. The maximum Gasteiger partial charge on any atom is 0.277 e. The second-order valence-corrected chi connectivity index (χ2v) is 6.25. The van der Waals surface area contributed by atoms with E-state index >= 15 is 0 Å². The summed E-state index contributed by atoms with van der Waals surface area (Å²) in [4.78, 5) is 10.0. The number of nitrogen functional groups attached to an aromatic ring is 1. The first kappa shape index (κ1) is 17.2. The van der Waals surface area contributed by atoms with Gasteiger partial charge < -0.3 is 11.5 Å². The summed E-state index contributed by atoms with van der Waals surface area (Å²) in [6.45, 7) is 0. The zero-order valence-electron chi connectivity index (χ0n) is 12.4. The van der Waals surface area contributed by atoms with Gasteiger partial charge in [-0.15, -0.1) is 4.40 Å². The smallest absolute Gasteiger partial charge is 0.277 e. The number of non-ortho nitro benzene ring substituents is 1. The van der Waals surface area contributed by atoms with Crippen LogP contribution in [-0.4, -0.2) is 19.2 Å². The first-order valence-corrected chi connectivity index (χ1v) is 8.16. The van der Waals surface area contributed by atoms with E-state index in [2.05, 4.69) is 4.40 Å². The number of benzene rings is 2. The molecule has 0 saturated carbocycles. The molecule has 0 aliphatic rings. The highest BCUT2D eigenvalue weighted by Crippen LogP contribution is 2.14. The summed E-state index contributed by atoms with van der Waals surface area (Å²) in [7, 11) is -3.95. The Labute approximate surface area is 138 Å². The molecule has 0 unspecified atom stereocenters. The van der Waals surface area contributed by atoms with Crippen LogP contribution in [0.4, 0.5) is 11.4 Å². The van der Waals surface area contributed by atoms with E-state index < -0.39 is 14.9 Å². The number of rotatable bonds is 5. The summed E-state index contributed by atoms with van der Waals surface area (Å²) in [5, 5.41) is 11.4. The van der Waals surface area contributed by atoms with Gasteiger partial charge in [-0.05, 0) is 48.0 Å². The van der Waals surface area contributed by atoms with Crippen LogP contribution in [-0.2, 0) is 10.0 Å². The van der Waals surface area contributed by atoms with E-state index in [9.17, 15) is 18.5 Å². The van der Waals surface area contributed by atoms with Gasteiger partial charge in [0.15, 0.2) is 0 Å². The van der Waals surface area contributed by atoms with Crippen LogP contribution in [0.15, 0.2) is 58.3 Å². The third-order valence-electron chi connectivity index (χ3n) is 2.97.